The summed E-state index contributed by atoms with van der Waals surface area (Å²) >= 11 is 0. The number of aromatic nitrogens is 1. The molecular weight excluding hydrogens is 381 g/mol. The van der Waals surface area contributed by atoms with Crippen molar-refractivity contribution >= 4 is 17.6 Å². The topological polar surface area (TPSA) is 60.5 Å². The summed E-state index contributed by atoms with van der Waals surface area (Å²) in [6.07, 6.45) is -0.172. The lowest BCUT2D eigenvalue weighted by molar-refractivity contribution is -0.568. The van der Waals surface area contributed by atoms with Crippen molar-refractivity contribution in [2.45, 2.75) is 50.5 Å². The van der Waals surface area contributed by atoms with Crippen molar-refractivity contribution in [3.8, 4) is 0 Å². The van der Waals surface area contributed by atoms with Gasteiger partial charge in [0.1, 0.15) is 6.04 Å². The van der Waals surface area contributed by atoms with Gasteiger partial charge in [-0.25, -0.2) is 20.1 Å². The molecule has 0 saturated heterocycles. The lowest BCUT2D eigenvalue weighted by Crippen LogP contribution is -2.94. The van der Waals surface area contributed by atoms with E-state index in [-0.39, 0.29) is 17.7 Å². The van der Waals surface area contributed by atoms with Crippen LogP contribution in [0.5, 0.6) is 0 Å². The van der Waals surface area contributed by atoms with Crippen LogP contribution in [0.25, 0.3) is 0 Å². The number of H-pyrrole nitrogens is 1. The highest BCUT2D eigenvalue weighted by Gasteiger charge is 2.76. The first-order valence-corrected chi connectivity index (χ1v) is 9.70. The molecule has 5 nitrogen and oxygen atoms in total. The van der Waals surface area contributed by atoms with Crippen LogP contribution in [-0.4, -0.2) is 34.5 Å². The van der Waals surface area contributed by atoms with Gasteiger partial charge in [0.25, 0.3) is 11.7 Å². The molecule has 2 aromatic rings. The lowest BCUT2D eigenvalue weighted by atomic mass is 10.1. The average molecular weight is 404 g/mol. The molecule has 29 heavy (non-hydrogen) atoms. The van der Waals surface area contributed by atoms with E-state index in [0.717, 1.165) is 12.8 Å². The largest absolute Gasteiger partial charge is 0.488 e. The fourth-order valence-electron chi connectivity index (χ4n) is 4.08. The summed E-state index contributed by atoms with van der Waals surface area (Å²) in [7, 11) is 0. The highest BCUT2D eigenvalue weighted by Crippen LogP contribution is 2.35. The van der Waals surface area contributed by atoms with Gasteiger partial charge in [-0.1, -0.05) is 18.2 Å². The number of aryl methyl sites for hydroxylation is 1. The van der Waals surface area contributed by atoms with Gasteiger partial charge in [0.2, 0.25) is 0 Å². The van der Waals surface area contributed by atoms with Gasteiger partial charge in [-0.3, -0.25) is 0 Å². The van der Waals surface area contributed by atoms with Crippen LogP contribution in [0.3, 0.4) is 0 Å². The molecule has 2 heterocycles. The van der Waals surface area contributed by atoms with Gasteiger partial charge < -0.3 is 0 Å². The van der Waals surface area contributed by atoms with Crippen molar-refractivity contribution in [2.24, 2.45) is 0 Å². The van der Waals surface area contributed by atoms with Crippen LogP contribution in [-0.2, 0) is 4.79 Å². The first-order chi connectivity index (χ1) is 13.8. The molecule has 3 N–H and O–H groups in total. The molecule has 1 fully saturated rings. The standard InChI is InChI=1S/C21H21F3N4O/c1-14-8-7-13-25-17(14)26-20(21(22,23)24)19(29)28(16-11-5-6-12-16)18(27-20)15-9-3-2-4-10-15/h2-4,7-10,13,16H,5-6,11-12H2,1H3,(H,25,26)/p+2/t20-/m1/s1. The number of halogens is 3. The number of carbonyl (C=O) groups is 1. The number of nitrogens with one attached hydrogen (secondary N) is 3. The molecule has 1 aromatic carbocycles. The van der Waals surface area contributed by atoms with Gasteiger partial charge in [-0.2, -0.15) is 18.1 Å². The van der Waals surface area contributed by atoms with Crippen LogP contribution in [0, 0.1) is 6.92 Å². The Hall–Kier alpha value is -2.90. The lowest BCUT2D eigenvalue weighted by Gasteiger charge is -2.23. The Kier molecular flexibility index (Phi) is 4.80. The van der Waals surface area contributed by atoms with E-state index in [1.807, 2.05) is 0 Å². The molecule has 152 valence electrons. The highest BCUT2D eigenvalue weighted by molar-refractivity contribution is 6.11. The zero-order valence-electron chi connectivity index (χ0n) is 16.0. The van der Waals surface area contributed by atoms with E-state index in [2.05, 4.69) is 15.3 Å². The minimum atomic E-state index is -4.87. The van der Waals surface area contributed by atoms with Crippen molar-refractivity contribution < 1.29 is 27.9 Å². The summed E-state index contributed by atoms with van der Waals surface area (Å²) in [5, 5.41) is 2.46. The van der Waals surface area contributed by atoms with Gasteiger partial charge >= 0.3 is 17.7 Å². The number of amides is 1. The van der Waals surface area contributed by atoms with E-state index in [4.69, 9.17) is 0 Å². The summed E-state index contributed by atoms with van der Waals surface area (Å²) in [6.45, 7) is 1.68. The third-order valence-corrected chi connectivity index (χ3v) is 5.63. The molecule has 1 atom stereocenters. The van der Waals surface area contributed by atoms with Crippen molar-refractivity contribution in [1.29, 1.82) is 0 Å². The normalized spacial score (nSPS) is 22.8. The average Bonchev–Trinajstić information content (AvgIpc) is 3.31. The van der Waals surface area contributed by atoms with Crippen molar-refractivity contribution in [3.63, 3.8) is 0 Å². The maximum Gasteiger partial charge on any atom is 0.488 e. The molecule has 4 rings (SSSR count). The maximum atomic E-state index is 14.4. The van der Waals surface area contributed by atoms with Crippen molar-refractivity contribution in [3.05, 3.63) is 59.8 Å². The number of nitrogens with zero attached hydrogens (tertiary/aromatic N) is 1. The second kappa shape index (κ2) is 7.17. The SMILES string of the molecule is Cc1ccc[nH+]c1N[C@@]1(C(F)(F)F)[NH+]=C(c2ccccc2)N(C2CCCC2)C1=O. The Balaban J connectivity index is 1.87. The third kappa shape index (κ3) is 3.26. The fraction of sp³-hybridized carbons (Fsp3) is 0.381. The van der Waals surface area contributed by atoms with E-state index in [0.29, 0.717) is 24.0 Å². The molecule has 2 aliphatic rings. The molecule has 8 heteroatoms. The first kappa shape index (κ1) is 19.4. The first-order valence-electron chi connectivity index (χ1n) is 9.70. The van der Waals surface area contributed by atoms with E-state index in [9.17, 15) is 18.0 Å². The second-order valence-electron chi connectivity index (χ2n) is 7.55. The highest BCUT2D eigenvalue weighted by atomic mass is 19.4. The van der Waals surface area contributed by atoms with Gasteiger partial charge in [0.15, 0.2) is 0 Å². The quantitative estimate of drug-likeness (QED) is 0.816. The van der Waals surface area contributed by atoms with E-state index in [1.165, 1.54) is 11.1 Å². The molecule has 0 unspecified atom stereocenters. The Bertz CT molecular complexity index is 938. The van der Waals surface area contributed by atoms with Crippen LogP contribution in [0.4, 0.5) is 19.0 Å². The number of rotatable bonds is 4. The molecule has 1 aliphatic carbocycles. The number of carbonyl (C=O) groups excluding carboxylic acids is 1. The van der Waals surface area contributed by atoms with Gasteiger partial charge in [-0.05, 0) is 56.9 Å². The van der Waals surface area contributed by atoms with Gasteiger partial charge in [0, 0.05) is 5.56 Å². The Morgan fingerprint density at radius 2 is 1.79 bits per heavy atom. The third-order valence-electron chi connectivity index (χ3n) is 5.63. The number of alkyl halides is 3. The molecule has 0 bridgehead atoms. The number of amidine groups is 1. The van der Waals surface area contributed by atoms with E-state index in [1.54, 1.807) is 49.4 Å². The minimum Gasteiger partial charge on any atom is -0.247 e. The number of pyridine rings is 1. The monoisotopic (exact) mass is 404 g/mol. The van der Waals surface area contributed by atoms with E-state index < -0.39 is 17.7 Å². The predicted octanol–water partition coefficient (Wildman–Crippen LogP) is 1.79. The summed E-state index contributed by atoms with van der Waals surface area (Å²) in [4.78, 5) is 20.1. The summed E-state index contributed by atoms with van der Waals surface area (Å²) in [6, 6.07) is 11.8. The number of hydrogen-bond donors (Lipinski definition) is 2. The van der Waals surface area contributed by atoms with Crippen molar-refractivity contribution in [2.75, 3.05) is 5.32 Å². The maximum absolute atomic E-state index is 14.4. The molecule has 1 saturated carbocycles. The molecule has 0 radical (unpaired) electrons. The molecular formula is C21H23F3N4O+2. The predicted molar refractivity (Wildman–Crippen MR) is 101 cm³/mol. The number of aromatic amines is 1. The van der Waals surface area contributed by atoms with Crippen LogP contribution in [0.15, 0.2) is 48.7 Å². The molecule has 0 spiro atoms. The Morgan fingerprint density at radius 1 is 1.10 bits per heavy atom. The molecule has 1 aromatic heterocycles. The molecule has 1 aliphatic heterocycles. The number of hydrogen-bond acceptors (Lipinski definition) is 2. The zero-order valence-corrected chi connectivity index (χ0v) is 16.0. The fourth-order valence-corrected chi connectivity index (χ4v) is 4.08. The zero-order chi connectivity index (χ0) is 20.6. The van der Waals surface area contributed by atoms with Crippen LogP contribution in [0.2, 0.25) is 0 Å². The van der Waals surface area contributed by atoms with Crippen LogP contribution in [0.1, 0.15) is 36.8 Å². The second-order valence-corrected chi connectivity index (χ2v) is 7.55. The Morgan fingerprint density at radius 3 is 2.41 bits per heavy atom. The smallest absolute Gasteiger partial charge is 0.247 e. The summed E-state index contributed by atoms with van der Waals surface area (Å²) in [5.74, 6) is -0.681. The Labute approximate surface area is 166 Å². The van der Waals surface area contributed by atoms with Crippen molar-refractivity contribution in [1.82, 2.24) is 4.90 Å². The molecule has 1 amide bonds. The van der Waals surface area contributed by atoms with Gasteiger partial charge in [0.05, 0.1) is 11.8 Å². The summed E-state index contributed by atoms with van der Waals surface area (Å²) in [5.41, 5.74) is -1.82. The van der Waals surface area contributed by atoms with Gasteiger partial charge in [-0.15, -0.1) is 0 Å². The summed E-state index contributed by atoms with van der Waals surface area (Å²) < 4.78 is 43.3. The van der Waals surface area contributed by atoms with Crippen LogP contribution < -0.4 is 15.3 Å². The number of anilines is 1. The van der Waals surface area contributed by atoms with Crippen LogP contribution >= 0.6 is 0 Å². The van der Waals surface area contributed by atoms with E-state index >= 15 is 0 Å². The number of benzene rings is 1. The minimum absolute atomic E-state index is 0.145.